The van der Waals surface area contributed by atoms with E-state index in [2.05, 4.69) is 23.2 Å². The summed E-state index contributed by atoms with van der Waals surface area (Å²) in [6.45, 7) is 1.76. The molecule has 1 aliphatic rings. The van der Waals surface area contributed by atoms with Gasteiger partial charge in [0.05, 0.1) is 5.69 Å². The average molecular weight is 259 g/mol. The van der Waals surface area contributed by atoms with Gasteiger partial charge >= 0.3 is 0 Å². The topological polar surface area (TPSA) is 33.1 Å². The van der Waals surface area contributed by atoms with Crippen molar-refractivity contribution in [1.82, 2.24) is 4.98 Å². The van der Waals surface area contributed by atoms with Crippen LogP contribution in [0.4, 0.5) is 0 Å². The van der Waals surface area contributed by atoms with Crippen LogP contribution < -0.4 is 0 Å². The molecule has 0 bridgehead atoms. The van der Waals surface area contributed by atoms with E-state index in [1.165, 1.54) is 53.7 Å². The van der Waals surface area contributed by atoms with Crippen LogP contribution in [0.15, 0.2) is 23.6 Å². The lowest BCUT2D eigenvalue weighted by molar-refractivity contribution is 0.199. The molecule has 1 aliphatic carbocycles. The van der Waals surface area contributed by atoms with Crippen LogP contribution in [0.25, 0.3) is 11.3 Å². The lowest BCUT2D eigenvalue weighted by Crippen LogP contribution is -2.02. The van der Waals surface area contributed by atoms with E-state index in [0.29, 0.717) is 0 Å². The molecule has 1 N–H and O–H groups in total. The molecule has 1 atom stereocenters. The number of nitrogens with zero attached hydrogens (tertiary/aromatic N) is 1. The van der Waals surface area contributed by atoms with Crippen LogP contribution in [0.3, 0.4) is 0 Å². The van der Waals surface area contributed by atoms with Gasteiger partial charge in [-0.15, -0.1) is 11.3 Å². The lowest BCUT2D eigenvalue weighted by Gasteiger charge is -2.16. The van der Waals surface area contributed by atoms with E-state index in [1.807, 2.05) is 5.38 Å². The van der Waals surface area contributed by atoms with Crippen molar-refractivity contribution in [3.63, 3.8) is 0 Å². The van der Waals surface area contributed by atoms with Gasteiger partial charge in [-0.05, 0) is 49.8 Å². The molecule has 2 aromatic rings. The standard InChI is InChI=1S/C15H17NOS/c1-10(17)15-16-14(9-18-15)13-7-6-11-4-2-3-5-12(11)8-13/h6-10,17H,2-5H2,1H3. The Bertz CT molecular complexity index is 559. The van der Waals surface area contributed by atoms with Crippen molar-refractivity contribution >= 4 is 11.3 Å². The summed E-state index contributed by atoms with van der Waals surface area (Å²) in [4.78, 5) is 4.50. The highest BCUT2D eigenvalue weighted by Crippen LogP contribution is 2.29. The molecule has 0 aliphatic heterocycles. The molecule has 0 radical (unpaired) electrons. The van der Waals surface area contributed by atoms with E-state index in [0.717, 1.165) is 10.7 Å². The van der Waals surface area contributed by atoms with Gasteiger partial charge in [-0.2, -0.15) is 0 Å². The van der Waals surface area contributed by atoms with Gasteiger partial charge in [0.15, 0.2) is 0 Å². The molecule has 18 heavy (non-hydrogen) atoms. The molecular weight excluding hydrogens is 242 g/mol. The second kappa shape index (κ2) is 4.82. The van der Waals surface area contributed by atoms with Gasteiger partial charge in [-0.1, -0.05) is 12.1 Å². The Balaban J connectivity index is 1.95. The molecule has 1 aromatic heterocycles. The zero-order valence-corrected chi connectivity index (χ0v) is 11.3. The summed E-state index contributed by atoms with van der Waals surface area (Å²) in [5.41, 5.74) is 5.14. The number of hydrogen-bond acceptors (Lipinski definition) is 3. The fourth-order valence-corrected chi connectivity index (χ4v) is 3.27. The minimum Gasteiger partial charge on any atom is -0.386 e. The Kier molecular flexibility index (Phi) is 3.18. The number of aryl methyl sites for hydroxylation is 2. The van der Waals surface area contributed by atoms with Crippen LogP contribution in [0.2, 0.25) is 0 Å². The van der Waals surface area contributed by atoms with E-state index in [1.54, 1.807) is 6.92 Å². The number of fused-ring (bicyclic) bond motifs is 1. The van der Waals surface area contributed by atoms with Crippen molar-refractivity contribution in [2.75, 3.05) is 0 Å². The molecule has 1 heterocycles. The zero-order valence-electron chi connectivity index (χ0n) is 10.5. The summed E-state index contributed by atoms with van der Waals surface area (Å²) in [6, 6.07) is 6.67. The molecule has 0 amide bonds. The number of benzene rings is 1. The monoisotopic (exact) mass is 259 g/mol. The first-order valence-electron chi connectivity index (χ1n) is 6.50. The van der Waals surface area contributed by atoms with Crippen molar-refractivity contribution in [3.8, 4) is 11.3 Å². The number of hydrogen-bond donors (Lipinski definition) is 1. The van der Waals surface area contributed by atoms with Crippen LogP contribution in [0.1, 0.15) is 42.0 Å². The van der Waals surface area contributed by atoms with Crippen molar-refractivity contribution < 1.29 is 5.11 Å². The van der Waals surface area contributed by atoms with Crippen molar-refractivity contribution in [2.24, 2.45) is 0 Å². The highest BCUT2D eigenvalue weighted by Gasteiger charge is 2.12. The highest BCUT2D eigenvalue weighted by molar-refractivity contribution is 7.10. The Morgan fingerprint density at radius 3 is 2.72 bits per heavy atom. The quantitative estimate of drug-likeness (QED) is 0.891. The summed E-state index contributed by atoms with van der Waals surface area (Å²) in [6.07, 6.45) is 4.55. The Morgan fingerprint density at radius 2 is 2.00 bits per heavy atom. The third-order valence-electron chi connectivity index (χ3n) is 3.52. The molecular formula is C15H17NOS. The van der Waals surface area contributed by atoms with Crippen molar-refractivity contribution in [3.05, 3.63) is 39.7 Å². The maximum atomic E-state index is 9.52. The normalized spacial score (nSPS) is 16.3. The highest BCUT2D eigenvalue weighted by atomic mass is 32.1. The molecule has 2 nitrogen and oxygen atoms in total. The minimum atomic E-state index is -0.471. The molecule has 3 heteroatoms. The predicted molar refractivity (Wildman–Crippen MR) is 74.8 cm³/mol. The molecule has 0 fully saturated rings. The summed E-state index contributed by atoms with van der Waals surface area (Å²) in [5.74, 6) is 0. The third kappa shape index (κ3) is 2.20. The van der Waals surface area contributed by atoms with Crippen LogP contribution in [0.5, 0.6) is 0 Å². The van der Waals surface area contributed by atoms with Gasteiger partial charge in [-0.25, -0.2) is 4.98 Å². The van der Waals surface area contributed by atoms with E-state index >= 15 is 0 Å². The zero-order chi connectivity index (χ0) is 12.5. The van der Waals surface area contributed by atoms with Crippen molar-refractivity contribution in [2.45, 2.75) is 38.7 Å². The van der Waals surface area contributed by atoms with E-state index < -0.39 is 6.10 Å². The molecule has 0 saturated heterocycles. The number of aromatic nitrogens is 1. The Labute approximate surface area is 111 Å². The summed E-state index contributed by atoms with van der Waals surface area (Å²) >= 11 is 1.53. The van der Waals surface area contributed by atoms with Gasteiger partial charge in [0.2, 0.25) is 0 Å². The van der Waals surface area contributed by atoms with Gasteiger partial charge in [0, 0.05) is 10.9 Å². The van der Waals surface area contributed by atoms with Crippen LogP contribution in [-0.4, -0.2) is 10.1 Å². The lowest BCUT2D eigenvalue weighted by atomic mass is 9.90. The molecule has 3 rings (SSSR count). The molecule has 1 aromatic carbocycles. The van der Waals surface area contributed by atoms with Gasteiger partial charge in [-0.3, -0.25) is 0 Å². The van der Waals surface area contributed by atoms with Crippen molar-refractivity contribution in [1.29, 1.82) is 0 Å². The third-order valence-corrected chi connectivity index (χ3v) is 4.54. The van der Waals surface area contributed by atoms with Gasteiger partial charge in [0.25, 0.3) is 0 Å². The molecule has 0 saturated carbocycles. The van der Waals surface area contributed by atoms with Crippen LogP contribution >= 0.6 is 11.3 Å². The first-order chi connectivity index (χ1) is 8.74. The largest absolute Gasteiger partial charge is 0.386 e. The smallest absolute Gasteiger partial charge is 0.122 e. The summed E-state index contributed by atoms with van der Waals surface area (Å²) < 4.78 is 0. The second-order valence-electron chi connectivity index (χ2n) is 4.94. The number of rotatable bonds is 2. The van der Waals surface area contributed by atoms with E-state index in [9.17, 15) is 5.11 Å². The van der Waals surface area contributed by atoms with Gasteiger partial charge < -0.3 is 5.11 Å². The average Bonchev–Trinajstić information content (AvgIpc) is 2.88. The Morgan fingerprint density at radius 1 is 1.22 bits per heavy atom. The maximum Gasteiger partial charge on any atom is 0.122 e. The molecule has 1 unspecified atom stereocenters. The number of aliphatic hydroxyl groups is 1. The molecule has 94 valence electrons. The number of thiazole rings is 1. The maximum absolute atomic E-state index is 9.52. The summed E-state index contributed by atoms with van der Waals surface area (Å²) in [7, 11) is 0. The fraction of sp³-hybridized carbons (Fsp3) is 0.400. The predicted octanol–water partition coefficient (Wildman–Crippen LogP) is 3.74. The SMILES string of the molecule is CC(O)c1nc(-c2ccc3c(c2)CCCC3)cs1. The number of aliphatic hydroxyl groups excluding tert-OH is 1. The van der Waals surface area contributed by atoms with Gasteiger partial charge in [0.1, 0.15) is 11.1 Å². The van der Waals surface area contributed by atoms with E-state index in [4.69, 9.17) is 0 Å². The first kappa shape index (κ1) is 11.9. The van der Waals surface area contributed by atoms with E-state index in [-0.39, 0.29) is 0 Å². The van der Waals surface area contributed by atoms with Crippen LogP contribution in [-0.2, 0) is 12.8 Å². The Hall–Kier alpha value is -1.19. The minimum absolute atomic E-state index is 0.471. The van der Waals surface area contributed by atoms with Crippen LogP contribution in [0, 0.1) is 0 Å². The fourth-order valence-electron chi connectivity index (χ4n) is 2.50. The second-order valence-corrected chi connectivity index (χ2v) is 5.83. The summed E-state index contributed by atoms with van der Waals surface area (Å²) in [5, 5.41) is 12.4. The first-order valence-corrected chi connectivity index (χ1v) is 7.37. The molecule has 0 spiro atoms.